The van der Waals surface area contributed by atoms with Crippen LogP contribution in [0.15, 0.2) is 0 Å². The van der Waals surface area contributed by atoms with Crippen LogP contribution in [0.25, 0.3) is 0 Å². The summed E-state index contributed by atoms with van der Waals surface area (Å²) in [5.41, 5.74) is 0. The third-order valence-electron chi connectivity index (χ3n) is 2.74. The van der Waals surface area contributed by atoms with Crippen molar-refractivity contribution in [2.45, 2.75) is 20.0 Å². The van der Waals surface area contributed by atoms with Crippen LogP contribution in [0.4, 0.5) is 5.95 Å². The molecule has 1 saturated heterocycles. The van der Waals surface area contributed by atoms with Crippen LogP contribution in [-0.4, -0.2) is 63.6 Å². The fraction of sp³-hybridized carbons (Fsp3) is 0.750. The lowest BCUT2D eigenvalue weighted by molar-refractivity contribution is 0.222. The molecule has 2 heterocycles. The number of nitrogens with zero attached hydrogens (tertiary/aromatic N) is 4. The maximum absolute atomic E-state index is 5.87. The Morgan fingerprint density at radius 2 is 2.05 bits per heavy atom. The van der Waals surface area contributed by atoms with E-state index in [0.29, 0.717) is 5.95 Å². The van der Waals surface area contributed by atoms with Gasteiger partial charge in [-0.2, -0.15) is 26.7 Å². The molecule has 0 atom stereocenters. The maximum atomic E-state index is 5.87. The van der Waals surface area contributed by atoms with E-state index < -0.39 is 0 Å². The molecule has 0 radical (unpaired) electrons. The van der Waals surface area contributed by atoms with E-state index in [-0.39, 0.29) is 17.4 Å². The van der Waals surface area contributed by atoms with E-state index in [1.54, 1.807) is 0 Å². The lowest BCUT2D eigenvalue weighted by Crippen LogP contribution is -2.36. The number of thioether (sulfide) groups is 1. The Morgan fingerprint density at radius 1 is 1.30 bits per heavy atom. The van der Waals surface area contributed by atoms with Gasteiger partial charge in [0, 0.05) is 37.7 Å². The number of hydrogen-bond acceptors (Lipinski definition) is 7. The number of nitrogens with one attached hydrogen (secondary N) is 1. The second-order valence-electron chi connectivity index (χ2n) is 4.76. The summed E-state index contributed by atoms with van der Waals surface area (Å²) in [5, 5.41) is 3.32. The molecular weight excluding hydrogens is 298 g/mol. The Bertz CT molecular complexity index is 428. The second-order valence-corrected chi connectivity index (χ2v) is 6.32. The Morgan fingerprint density at radius 3 is 2.75 bits per heavy atom. The summed E-state index contributed by atoms with van der Waals surface area (Å²) in [4.78, 5) is 14.6. The van der Waals surface area contributed by atoms with E-state index in [2.05, 4.69) is 25.2 Å². The molecule has 1 aromatic heterocycles. The van der Waals surface area contributed by atoms with Gasteiger partial charge in [-0.05, 0) is 25.4 Å². The van der Waals surface area contributed by atoms with Crippen molar-refractivity contribution in [2.24, 2.45) is 0 Å². The monoisotopic (exact) mass is 317 g/mol. The van der Waals surface area contributed by atoms with Crippen LogP contribution in [0.2, 0.25) is 5.28 Å². The minimum Gasteiger partial charge on any atom is -0.461 e. The highest BCUT2D eigenvalue weighted by atomic mass is 35.5. The lowest BCUT2D eigenvalue weighted by Gasteiger charge is -2.25. The van der Waals surface area contributed by atoms with Crippen molar-refractivity contribution >= 4 is 29.3 Å². The maximum Gasteiger partial charge on any atom is 0.322 e. The molecule has 1 aromatic rings. The normalized spacial score (nSPS) is 16.4. The quantitative estimate of drug-likeness (QED) is 0.858. The third-order valence-corrected chi connectivity index (χ3v) is 3.86. The first-order chi connectivity index (χ1) is 9.63. The molecule has 2 rings (SSSR count). The van der Waals surface area contributed by atoms with Gasteiger partial charge in [0.15, 0.2) is 0 Å². The highest BCUT2D eigenvalue weighted by molar-refractivity contribution is 7.99. The summed E-state index contributed by atoms with van der Waals surface area (Å²) in [6.07, 6.45) is 0.00664. The SMILES string of the molecule is CC(C)Oc1nc(Cl)nc(NCCN2CCSCC2)n1. The van der Waals surface area contributed by atoms with Crippen LogP contribution < -0.4 is 10.1 Å². The zero-order valence-electron chi connectivity index (χ0n) is 11.8. The highest BCUT2D eigenvalue weighted by Crippen LogP contribution is 2.13. The molecule has 8 heteroatoms. The number of ether oxygens (including phenoxy) is 1. The summed E-state index contributed by atoms with van der Waals surface area (Å²) >= 11 is 7.87. The minimum atomic E-state index is 0.00664. The molecule has 1 aliphatic heterocycles. The summed E-state index contributed by atoms with van der Waals surface area (Å²) in [6.45, 7) is 7.88. The average molecular weight is 318 g/mol. The fourth-order valence-corrected chi connectivity index (χ4v) is 2.96. The molecular formula is C12H20ClN5OS. The molecule has 1 fully saturated rings. The average Bonchev–Trinajstić information content (AvgIpc) is 2.38. The smallest absolute Gasteiger partial charge is 0.322 e. The van der Waals surface area contributed by atoms with Crippen molar-refractivity contribution < 1.29 is 4.74 Å². The largest absolute Gasteiger partial charge is 0.461 e. The van der Waals surface area contributed by atoms with Crippen LogP contribution in [0.3, 0.4) is 0 Å². The number of halogens is 1. The molecule has 0 spiro atoms. The van der Waals surface area contributed by atoms with Gasteiger partial charge in [0.1, 0.15) is 0 Å². The van der Waals surface area contributed by atoms with Gasteiger partial charge < -0.3 is 10.1 Å². The summed E-state index contributed by atoms with van der Waals surface area (Å²) < 4.78 is 5.43. The molecule has 0 aromatic carbocycles. The topological polar surface area (TPSA) is 63.2 Å². The van der Waals surface area contributed by atoms with Gasteiger partial charge in [-0.1, -0.05) is 0 Å². The second kappa shape index (κ2) is 7.85. The summed E-state index contributed by atoms with van der Waals surface area (Å²) in [5.74, 6) is 2.89. The van der Waals surface area contributed by atoms with E-state index in [1.807, 2.05) is 25.6 Å². The Kier molecular flexibility index (Phi) is 6.12. The number of aromatic nitrogens is 3. The van der Waals surface area contributed by atoms with Crippen LogP contribution in [0.1, 0.15) is 13.8 Å². The summed E-state index contributed by atoms with van der Waals surface area (Å²) in [7, 11) is 0. The molecule has 6 nitrogen and oxygen atoms in total. The molecule has 112 valence electrons. The van der Waals surface area contributed by atoms with Crippen LogP contribution in [0, 0.1) is 0 Å². The van der Waals surface area contributed by atoms with Gasteiger partial charge >= 0.3 is 6.01 Å². The molecule has 0 amide bonds. The Balaban J connectivity index is 1.83. The van der Waals surface area contributed by atoms with E-state index in [1.165, 1.54) is 11.5 Å². The molecule has 1 N–H and O–H groups in total. The predicted octanol–water partition coefficient (Wildman–Crippen LogP) is 1.77. The van der Waals surface area contributed by atoms with E-state index in [0.717, 1.165) is 26.2 Å². The number of rotatable bonds is 6. The zero-order valence-corrected chi connectivity index (χ0v) is 13.4. The standard InChI is InChI=1S/C12H20ClN5OS/c1-9(2)19-12-16-10(13)15-11(17-12)14-3-4-18-5-7-20-8-6-18/h9H,3-8H2,1-2H3,(H,14,15,16,17). The van der Waals surface area contributed by atoms with Crippen LogP contribution in [0.5, 0.6) is 6.01 Å². The van der Waals surface area contributed by atoms with Crippen molar-refractivity contribution in [1.29, 1.82) is 0 Å². The van der Waals surface area contributed by atoms with Crippen molar-refractivity contribution in [1.82, 2.24) is 19.9 Å². The van der Waals surface area contributed by atoms with Gasteiger partial charge in [-0.25, -0.2) is 0 Å². The first-order valence-electron chi connectivity index (χ1n) is 6.75. The molecule has 20 heavy (non-hydrogen) atoms. The fourth-order valence-electron chi connectivity index (χ4n) is 1.83. The van der Waals surface area contributed by atoms with Crippen molar-refractivity contribution in [3.05, 3.63) is 5.28 Å². The van der Waals surface area contributed by atoms with Crippen molar-refractivity contribution in [3.8, 4) is 6.01 Å². The predicted molar refractivity (Wildman–Crippen MR) is 82.9 cm³/mol. The Labute approximate surface area is 128 Å². The molecule has 1 aliphatic rings. The lowest BCUT2D eigenvalue weighted by atomic mass is 10.4. The van der Waals surface area contributed by atoms with E-state index in [9.17, 15) is 0 Å². The summed E-state index contributed by atoms with van der Waals surface area (Å²) in [6, 6.07) is 0.261. The highest BCUT2D eigenvalue weighted by Gasteiger charge is 2.11. The molecule has 0 bridgehead atoms. The van der Waals surface area contributed by atoms with Gasteiger partial charge in [-0.3, -0.25) is 4.90 Å². The van der Waals surface area contributed by atoms with E-state index >= 15 is 0 Å². The van der Waals surface area contributed by atoms with Crippen molar-refractivity contribution in [3.63, 3.8) is 0 Å². The zero-order chi connectivity index (χ0) is 14.4. The third kappa shape index (κ3) is 5.30. The minimum absolute atomic E-state index is 0.00664. The first kappa shape index (κ1) is 15.6. The van der Waals surface area contributed by atoms with Gasteiger partial charge in [-0.15, -0.1) is 0 Å². The van der Waals surface area contributed by atoms with E-state index in [4.69, 9.17) is 16.3 Å². The van der Waals surface area contributed by atoms with Gasteiger partial charge in [0.05, 0.1) is 6.10 Å². The number of hydrogen-bond donors (Lipinski definition) is 1. The first-order valence-corrected chi connectivity index (χ1v) is 8.29. The van der Waals surface area contributed by atoms with Crippen LogP contribution in [-0.2, 0) is 0 Å². The van der Waals surface area contributed by atoms with Crippen LogP contribution >= 0.6 is 23.4 Å². The molecule has 0 aliphatic carbocycles. The van der Waals surface area contributed by atoms with Crippen molar-refractivity contribution in [2.75, 3.05) is 43.0 Å². The molecule has 0 saturated carbocycles. The van der Waals surface area contributed by atoms with Gasteiger partial charge in [0.25, 0.3) is 0 Å². The molecule has 0 unspecified atom stereocenters. The van der Waals surface area contributed by atoms with Gasteiger partial charge in [0.2, 0.25) is 11.2 Å². The number of anilines is 1. The Hall–Kier alpha value is -0.790.